The van der Waals surface area contributed by atoms with Crippen LogP contribution in [0.5, 0.6) is 5.75 Å². The van der Waals surface area contributed by atoms with E-state index in [2.05, 4.69) is 4.98 Å². The molecule has 0 N–H and O–H groups in total. The van der Waals surface area contributed by atoms with Crippen LogP contribution in [0.2, 0.25) is 10.2 Å². The maximum Gasteiger partial charge on any atom is 0.344 e. The molecule has 0 aliphatic carbocycles. The molecule has 3 aromatic rings. The Morgan fingerprint density at radius 3 is 2.48 bits per heavy atom. The molecule has 0 saturated heterocycles. The quantitative estimate of drug-likeness (QED) is 0.388. The minimum Gasteiger partial charge on any atom is -0.423 e. The molecule has 0 spiro atoms. The summed E-state index contributed by atoms with van der Waals surface area (Å²) in [4.78, 5) is 16.5. The van der Waals surface area contributed by atoms with Gasteiger partial charge in [0.05, 0.1) is 11.1 Å². The van der Waals surface area contributed by atoms with E-state index in [1.54, 1.807) is 36.4 Å². The molecule has 5 heteroatoms. The van der Waals surface area contributed by atoms with E-state index in [4.69, 9.17) is 27.9 Å². The average molecular weight is 318 g/mol. The first kappa shape index (κ1) is 13.9. The van der Waals surface area contributed by atoms with Crippen molar-refractivity contribution in [3.8, 4) is 5.75 Å². The first-order valence-electron chi connectivity index (χ1n) is 6.16. The van der Waals surface area contributed by atoms with Crippen molar-refractivity contribution in [3.63, 3.8) is 0 Å². The molecule has 21 heavy (non-hydrogen) atoms. The van der Waals surface area contributed by atoms with Crippen LogP contribution < -0.4 is 4.74 Å². The predicted molar refractivity (Wildman–Crippen MR) is 83.2 cm³/mol. The van der Waals surface area contributed by atoms with Crippen LogP contribution in [0.1, 0.15) is 10.4 Å². The fourth-order valence-corrected chi connectivity index (χ4v) is 2.30. The van der Waals surface area contributed by atoms with Crippen LogP contribution in [0.3, 0.4) is 0 Å². The van der Waals surface area contributed by atoms with Gasteiger partial charge >= 0.3 is 5.97 Å². The fraction of sp³-hybridized carbons (Fsp3) is 0. The maximum absolute atomic E-state index is 12.3. The molecule has 0 atom stereocenters. The van der Waals surface area contributed by atoms with E-state index in [1.807, 2.05) is 12.1 Å². The van der Waals surface area contributed by atoms with Crippen molar-refractivity contribution in [2.45, 2.75) is 0 Å². The third-order valence-electron chi connectivity index (χ3n) is 2.93. The predicted octanol–water partition coefficient (Wildman–Crippen LogP) is 4.76. The zero-order chi connectivity index (χ0) is 14.8. The number of nitrogens with zero attached hydrogens (tertiary/aromatic N) is 1. The highest BCUT2D eigenvalue weighted by atomic mass is 35.5. The van der Waals surface area contributed by atoms with Gasteiger partial charge in [-0.1, -0.05) is 41.4 Å². The number of para-hydroxylation sites is 1. The molecular formula is C16H9Cl2NO2. The van der Waals surface area contributed by atoms with Gasteiger partial charge in [0.2, 0.25) is 0 Å². The van der Waals surface area contributed by atoms with Crippen molar-refractivity contribution in [2.75, 3.05) is 0 Å². The summed E-state index contributed by atoms with van der Waals surface area (Å²) in [6, 6.07) is 15.3. The lowest BCUT2D eigenvalue weighted by Gasteiger charge is -2.07. The third kappa shape index (κ3) is 2.99. The molecule has 1 heterocycles. The van der Waals surface area contributed by atoms with E-state index in [-0.39, 0.29) is 5.15 Å². The molecule has 0 aliphatic heterocycles. The molecule has 2 aromatic carbocycles. The second kappa shape index (κ2) is 5.72. The maximum atomic E-state index is 12.3. The molecule has 0 amide bonds. The van der Waals surface area contributed by atoms with Crippen molar-refractivity contribution in [2.24, 2.45) is 0 Å². The second-order valence-electron chi connectivity index (χ2n) is 4.35. The Balaban J connectivity index is 1.99. The van der Waals surface area contributed by atoms with Crippen molar-refractivity contribution in [1.82, 2.24) is 4.98 Å². The lowest BCUT2D eigenvalue weighted by atomic mass is 10.1. The van der Waals surface area contributed by atoms with Gasteiger partial charge in [-0.15, -0.1) is 0 Å². The number of halogens is 2. The number of aromatic nitrogens is 1. The number of ether oxygens (including phenoxy) is 1. The summed E-state index contributed by atoms with van der Waals surface area (Å²) in [7, 11) is 0. The third-order valence-corrected chi connectivity index (χ3v) is 3.37. The minimum absolute atomic E-state index is 0.247. The summed E-state index contributed by atoms with van der Waals surface area (Å²) < 4.78 is 5.33. The van der Waals surface area contributed by atoms with Crippen LogP contribution in [-0.4, -0.2) is 11.0 Å². The number of hydrogen-bond donors (Lipinski definition) is 0. The Morgan fingerprint density at radius 2 is 1.71 bits per heavy atom. The Bertz CT molecular complexity index is 816. The van der Waals surface area contributed by atoms with E-state index >= 15 is 0 Å². The van der Waals surface area contributed by atoms with Gasteiger partial charge in [0.15, 0.2) is 0 Å². The molecule has 1 aromatic heterocycles. The molecule has 104 valence electrons. The standard InChI is InChI=1S/C16H9Cl2NO2/c17-10-5-7-11(8-6-10)21-16(20)13-9-15(18)19-14-4-2-1-3-12(13)14/h1-9H. The van der Waals surface area contributed by atoms with Crippen LogP contribution in [0.15, 0.2) is 54.6 Å². The SMILES string of the molecule is O=C(Oc1ccc(Cl)cc1)c1cc(Cl)nc2ccccc12. The fourth-order valence-electron chi connectivity index (χ4n) is 1.98. The molecule has 0 aliphatic rings. The molecule has 3 nitrogen and oxygen atoms in total. The van der Waals surface area contributed by atoms with Crippen molar-refractivity contribution >= 4 is 40.1 Å². The summed E-state index contributed by atoms with van der Waals surface area (Å²) >= 11 is 11.8. The molecule has 3 rings (SSSR count). The number of fused-ring (bicyclic) bond motifs is 1. The van der Waals surface area contributed by atoms with Gasteiger partial charge in [0, 0.05) is 10.4 Å². The highest BCUT2D eigenvalue weighted by molar-refractivity contribution is 6.31. The Kier molecular flexibility index (Phi) is 3.78. The number of pyridine rings is 1. The normalized spacial score (nSPS) is 10.6. The first-order chi connectivity index (χ1) is 10.1. The first-order valence-corrected chi connectivity index (χ1v) is 6.92. The Morgan fingerprint density at radius 1 is 1.00 bits per heavy atom. The molecule has 0 radical (unpaired) electrons. The van der Waals surface area contributed by atoms with Gasteiger partial charge in [0.1, 0.15) is 10.9 Å². The number of carbonyl (C=O) groups is 1. The van der Waals surface area contributed by atoms with E-state index in [0.717, 1.165) is 0 Å². The van der Waals surface area contributed by atoms with Gasteiger partial charge in [-0.05, 0) is 36.4 Å². The van der Waals surface area contributed by atoms with E-state index in [1.165, 1.54) is 6.07 Å². The highest BCUT2D eigenvalue weighted by Crippen LogP contribution is 2.23. The van der Waals surface area contributed by atoms with E-state index in [0.29, 0.717) is 27.2 Å². The van der Waals surface area contributed by atoms with Crippen LogP contribution in [0.25, 0.3) is 10.9 Å². The van der Waals surface area contributed by atoms with Crippen molar-refractivity contribution < 1.29 is 9.53 Å². The monoisotopic (exact) mass is 317 g/mol. The number of hydrogen-bond acceptors (Lipinski definition) is 3. The lowest BCUT2D eigenvalue weighted by Crippen LogP contribution is -2.09. The van der Waals surface area contributed by atoms with Gasteiger partial charge in [0.25, 0.3) is 0 Å². The van der Waals surface area contributed by atoms with Gasteiger partial charge in [-0.2, -0.15) is 0 Å². The molecule has 0 unspecified atom stereocenters. The van der Waals surface area contributed by atoms with E-state index in [9.17, 15) is 4.79 Å². The number of rotatable bonds is 2. The highest BCUT2D eigenvalue weighted by Gasteiger charge is 2.14. The molecule has 0 fully saturated rings. The van der Waals surface area contributed by atoms with Crippen LogP contribution in [-0.2, 0) is 0 Å². The smallest absolute Gasteiger partial charge is 0.344 e. The average Bonchev–Trinajstić information content (AvgIpc) is 2.48. The number of benzene rings is 2. The Hall–Kier alpha value is -2.10. The summed E-state index contributed by atoms with van der Waals surface area (Å²) in [5, 5.41) is 1.52. The van der Waals surface area contributed by atoms with Crippen molar-refractivity contribution in [1.29, 1.82) is 0 Å². The number of esters is 1. The van der Waals surface area contributed by atoms with Crippen LogP contribution in [0.4, 0.5) is 0 Å². The topological polar surface area (TPSA) is 39.2 Å². The van der Waals surface area contributed by atoms with Crippen molar-refractivity contribution in [3.05, 3.63) is 70.3 Å². The van der Waals surface area contributed by atoms with Gasteiger partial charge in [-0.25, -0.2) is 9.78 Å². The summed E-state index contributed by atoms with van der Waals surface area (Å²) in [6.45, 7) is 0. The van der Waals surface area contributed by atoms with E-state index < -0.39 is 5.97 Å². The summed E-state index contributed by atoms with van der Waals surface area (Å²) in [5.74, 6) is -0.0701. The van der Waals surface area contributed by atoms with Gasteiger partial charge < -0.3 is 4.74 Å². The van der Waals surface area contributed by atoms with Crippen LogP contribution in [0, 0.1) is 0 Å². The molecule has 0 saturated carbocycles. The molecule has 0 bridgehead atoms. The summed E-state index contributed by atoms with van der Waals surface area (Å²) in [5.41, 5.74) is 1.02. The van der Waals surface area contributed by atoms with Crippen LogP contribution >= 0.6 is 23.2 Å². The second-order valence-corrected chi connectivity index (χ2v) is 5.18. The largest absolute Gasteiger partial charge is 0.423 e. The summed E-state index contributed by atoms with van der Waals surface area (Å²) in [6.07, 6.45) is 0. The Labute approximate surface area is 131 Å². The minimum atomic E-state index is -0.488. The zero-order valence-corrected chi connectivity index (χ0v) is 12.2. The molecular weight excluding hydrogens is 309 g/mol. The van der Waals surface area contributed by atoms with Gasteiger partial charge in [-0.3, -0.25) is 0 Å². The lowest BCUT2D eigenvalue weighted by molar-refractivity contribution is 0.0737. The zero-order valence-electron chi connectivity index (χ0n) is 10.7. The number of carbonyl (C=O) groups excluding carboxylic acids is 1.